The van der Waals surface area contributed by atoms with Crippen molar-refractivity contribution in [1.29, 1.82) is 0 Å². The smallest absolute Gasteiger partial charge is 0.349 e. The average molecular weight is 409 g/mol. The van der Waals surface area contributed by atoms with Gasteiger partial charge in [0.15, 0.2) is 0 Å². The highest BCUT2D eigenvalue weighted by atomic mass is 35.5. The molecule has 1 N–H and O–H groups in total. The molecule has 3 rings (SSSR count). The molecule has 0 saturated carbocycles. The number of carbonyl (C=O) groups is 2. The second kappa shape index (κ2) is 6.97. The van der Waals surface area contributed by atoms with E-state index in [4.69, 9.17) is 16.3 Å². The van der Waals surface area contributed by atoms with Crippen molar-refractivity contribution >= 4 is 56.3 Å². The summed E-state index contributed by atoms with van der Waals surface area (Å²) in [5, 5.41) is 18.7. The van der Waals surface area contributed by atoms with Gasteiger partial charge in [0.05, 0.1) is 17.1 Å². The van der Waals surface area contributed by atoms with Gasteiger partial charge in [-0.15, -0.1) is 11.3 Å². The summed E-state index contributed by atoms with van der Waals surface area (Å²) in [6.07, 6.45) is 0. The highest BCUT2D eigenvalue weighted by Crippen LogP contribution is 2.37. The molecule has 1 aromatic carbocycles. The number of aromatic nitrogens is 2. The molecule has 11 heteroatoms. The van der Waals surface area contributed by atoms with Crippen molar-refractivity contribution in [1.82, 2.24) is 9.78 Å². The number of hydrogen-bond acceptors (Lipinski definition) is 7. The third-order valence-corrected chi connectivity index (χ3v) is 5.60. The maximum atomic E-state index is 12.5. The number of anilines is 1. The van der Waals surface area contributed by atoms with E-state index in [9.17, 15) is 19.7 Å². The lowest BCUT2D eigenvalue weighted by atomic mass is 10.2. The molecule has 0 unspecified atom stereocenters. The number of nitro groups is 1. The molecule has 0 spiro atoms. The van der Waals surface area contributed by atoms with E-state index in [2.05, 4.69) is 10.4 Å². The van der Waals surface area contributed by atoms with Crippen molar-refractivity contribution in [3.05, 3.63) is 49.6 Å². The summed E-state index contributed by atoms with van der Waals surface area (Å²) >= 11 is 7.32. The van der Waals surface area contributed by atoms with Crippen molar-refractivity contribution < 1.29 is 19.2 Å². The van der Waals surface area contributed by atoms with Gasteiger partial charge in [-0.25, -0.2) is 4.79 Å². The van der Waals surface area contributed by atoms with Gasteiger partial charge in [-0.1, -0.05) is 11.6 Å². The van der Waals surface area contributed by atoms with Gasteiger partial charge < -0.3 is 10.1 Å². The van der Waals surface area contributed by atoms with Crippen LogP contribution in [0.25, 0.3) is 10.1 Å². The number of aryl methyl sites for hydroxylation is 1. The Labute approximate surface area is 161 Å². The highest BCUT2D eigenvalue weighted by Gasteiger charge is 2.29. The largest absolute Gasteiger partial charge is 0.465 e. The fourth-order valence-electron chi connectivity index (χ4n) is 2.53. The van der Waals surface area contributed by atoms with Crippen LogP contribution in [0.15, 0.2) is 18.2 Å². The van der Waals surface area contributed by atoms with E-state index in [0.29, 0.717) is 15.8 Å². The minimum atomic E-state index is -0.708. The van der Waals surface area contributed by atoms with Crippen LogP contribution in [-0.4, -0.2) is 33.7 Å². The lowest BCUT2D eigenvalue weighted by molar-refractivity contribution is -0.385. The number of esters is 1. The number of amides is 1. The molecule has 2 aromatic heterocycles. The number of nitrogens with zero attached hydrogens (tertiary/aromatic N) is 3. The normalized spacial score (nSPS) is 10.8. The minimum Gasteiger partial charge on any atom is -0.465 e. The molecule has 0 aliphatic rings. The molecule has 0 radical (unpaired) electrons. The summed E-state index contributed by atoms with van der Waals surface area (Å²) in [5.74, 6) is -1.26. The number of ether oxygens (including phenoxy) is 1. The van der Waals surface area contributed by atoms with E-state index >= 15 is 0 Å². The molecule has 140 valence electrons. The van der Waals surface area contributed by atoms with Gasteiger partial charge in [0.1, 0.15) is 10.6 Å². The van der Waals surface area contributed by atoms with Crippen molar-refractivity contribution in [2.75, 3.05) is 12.4 Å². The van der Waals surface area contributed by atoms with Gasteiger partial charge in [0.25, 0.3) is 5.91 Å². The molecule has 3 aromatic rings. The molecule has 0 atom stereocenters. The lowest BCUT2D eigenvalue weighted by Gasteiger charge is -2.03. The van der Waals surface area contributed by atoms with E-state index in [0.717, 1.165) is 11.3 Å². The predicted octanol–water partition coefficient (Wildman–Crippen LogP) is 3.54. The van der Waals surface area contributed by atoms with Crippen LogP contribution >= 0.6 is 22.9 Å². The lowest BCUT2D eigenvalue weighted by Crippen LogP contribution is -2.14. The number of rotatable bonds is 4. The molecule has 0 aliphatic carbocycles. The van der Waals surface area contributed by atoms with Gasteiger partial charge in [0, 0.05) is 22.8 Å². The Morgan fingerprint density at radius 3 is 2.74 bits per heavy atom. The minimum absolute atomic E-state index is 0.258. The number of thiophene rings is 1. The number of fused-ring (bicyclic) bond motifs is 1. The number of halogens is 1. The van der Waals surface area contributed by atoms with Gasteiger partial charge in [-0.2, -0.15) is 5.10 Å². The number of benzene rings is 1. The van der Waals surface area contributed by atoms with Gasteiger partial charge >= 0.3 is 11.7 Å². The van der Waals surface area contributed by atoms with Crippen LogP contribution in [0.2, 0.25) is 5.02 Å². The van der Waals surface area contributed by atoms with Crippen LogP contribution in [0.1, 0.15) is 25.9 Å². The van der Waals surface area contributed by atoms with E-state index in [1.807, 2.05) is 0 Å². The van der Waals surface area contributed by atoms with Crippen LogP contribution in [-0.2, 0) is 11.8 Å². The number of methoxy groups -OCH3 is 1. The Morgan fingerprint density at radius 2 is 2.11 bits per heavy atom. The maximum Gasteiger partial charge on any atom is 0.349 e. The fourth-order valence-corrected chi connectivity index (χ4v) is 3.99. The zero-order chi connectivity index (χ0) is 19.9. The SMILES string of the molecule is COC(=O)c1sc2cc(NC(=O)c3nn(C)c(C)c3[N+](=O)[O-])ccc2c1Cl. The van der Waals surface area contributed by atoms with Gasteiger partial charge in [-0.3, -0.25) is 19.6 Å². The molecule has 0 fully saturated rings. The van der Waals surface area contributed by atoms with Crippen LogP contribution in [0.5, 0.6) is 0 Å². The molecule has 9 nitrogen and oxygen atoms in total. The van der Waals surface area contributed by atoms with Crippen molar-refractivity contribution in [2.24, 2.45) is 7.05 Å². The fraction of sp³-hybridized carbons (Fsp3) is 0.188. The van der Waals surface area contributed by atoms with E-state index in [1.165, 1.54) is 25.8 Å². The Balaban J connectivity index is 1.96. The molecule has 0 bridgehead atoms. The van der Waals surface area contributed by atoms with Crippen LogP contribution in [0.4, 0.5) is 11.4 Å². The Hall–Kier alpha value is -2.98. The predicted molar refractivity (Wildman–Crippen MR) is 101 cm³/mol. The molecular formula is C16H13ClN4O5S. The molecule has 27 heavy (non-hydrogen) atoms. The van der Waals surface area contributed by atoms with E-state index < -0.39 is 16.8 Å². The first-order valence-electron chi connectivity index (χ1n) is 7.54. The quantitative estimate of drug-likeness (QED) is 0.401. The molecule has 0 aliphatic heterocycles. The number of nitrogens with one attached hydrogen (secondary N) is 1. The Bertz CT molecular complexity index is 1100. The third kappa shape index (κ3) is 3.24. The summed E-state index contributed by atoms with van der Waals surface area (Å²) in [6.45, 7) is 1.51. The summed E-state index contributed by atoms with van der Waals surface area (Å²) < 4.78 is 6.62. The summed E-state index contributed by atoms with van der Waals surface area (Å²) in [6, 6.07) is 4.85. The van der Waals surface area contributed by atoms with Crippen molar-refractivity contribution in [3.8, 4) is 0 Å². The highest BCUT2D eigenvalue weighted by molar-refractivity contribution is 7.21. The first-order valence-corrected chi connectivity index (χ1v) is 8.73. The summed E-state index contributed by atoms with van der Waals surface area (Å²) in [4.78, 5) is 35.1. The van der Waals surface area contributed by atoms with E-state index in [-0.39, 0.29) is 27.0 Å². The van der Waals surface area contributed by atoms with Crippen LogP contribution in [0, 0.1) is 17.0 Å². The summed E-state index contributed by atoms with van der Waals surface area (Å²) in [5.41, 5.74) is 0.0376. The number of hydrogen-bond donors (Lipinski definition) is 1. The zero-order valence-electron chi connectivity index (χ0n) is 14.4. The standard InChI is InChI=1S/C16H13ClN4O5S/c1-7-13(21(24)25)12(19-20(7)2)15(22)18-8-4-5-9-10(6-8)27-14(11(9)17)16(23)26-3/h4-6H,1-3H3,(H,18,22). The Kier molecular flexibility index (Phi) is 4.85. The van der Waals surface area contributed by atoms with Crippen molar-refractivity contribution in [3.63, 3.8) is 0 Å². The number of carbonyl (C=O) groups excluding carboxylic acids is 2. The molecule has 2 heterocycles. The molecule has 0 saturated heterocycles. The summed E-state index contributed by atoms with van der Waals surface area (Å²) in [7, 11) is 2.78. The van der Waals surface area contributed by atoms with Gasteiger partial charge in [0.2, 0.25) is 5.69 Å². The monoisotopic (exact) mass is 408 g/mol. The van der Waals surface area contributed by atoms with Crippen molar-refractivity contribution in [2.45, 2.75) is 6.92 Å². The first kappa shape index (κ1) is 18.8. The molecule has 1 amide bonds. The zero-order valence-corrected chi connectivity index (χ0v) is 16.0. The molecular weight excluding hydrogens is 396 g/mol. The van der Waals surface area contributed by atoms with Gasteiger partial charge in [-0.05, 0) is 25.1 Å². The second-order valence-electron chi connectivity index (χ2n) is 5.57. The van der Waals surface area contributed by atoms with E-state index in [1.54, 1.807) is 18.2 Å². The second-order valence-corrected chi connectivity index (χ2v) is 7.00. The first-order chi connectivity index (χ1) is 12.7. The van der Waals surface area contributed by atoms with Crippen LogP contribution < -0.4 is 5.32 Å². The average Bonchev–Trinajstić information content (AvgIpc) is 3.11. The maximum absolute atomic E-state index is 12.5. The third-order valence-electron chi connectivity index (χ3n) is 3.96. The Morgan fingerprint density at radius 1 is 1.41 bits per heavy atom. The van der Waals surface area contributed by atoms with Crippen LogP contribution in [0.3, 0.4) is 0 Å². The topological polar surface area (TPSA) is 116 Å².